The van der Waals surface area contributed by atoms with Gasteiger partial charge < -0.3 is 10.1 Å². The number of hydrogen-bond donors (Lipinski definition) is 1. The summed E-state index contributed by atoms with van der Waals surface area (Å²) in [6.07, 6.45) is 4.75. The van der Waals surface area contributed by atoms with E-state index in [0.29, 0.717) is 17.0 Å². The van der Waals surface area contributed by atoms with Gasteiger partial charge in [0.15, 0.2) is 0 Å². The van der Waals surface area contributed by atoms with Crippen molar-refractivity contribution in [2.75, 3.05) is 5.32 Å². The number of carbonyl (C=O) groups is 3. The molecule has 0 atom stereocenters. The van der Waals surface area contributed by atoms with E-state index in [0.717, 1.165) is 43.2 Å². The summed E-state index contributed by atoms with van der Waals surface area (Å²) in [5, 5.41) is 2.86. The van der Waals surface area contributed by atoms with E-state index in [1.165, 1.54) is 4.90 Å². The SMILES string of the molecule is Cc1cccc(OC(=O)c2ccc(NC3=C(Cl)C(=O)N(C4CCCCC4)C3=O)cc2)c1C. The first-order valence-corrected chi connectivity index (χ1v) is 11.2. The topological polar surface area (TPSA) is 75.7 Å². The number of carbonyl (C=O) groups excluding carboxylic acids is 3. The maximum Gasteiger partial charge on any atom is 0.343 e. The van der Waals surface area contributed by atoms with Gasteiger partial charge in [0.05, 0.1) is 5.56 Å². The third-order valence-corrected chi connectivity index (χ3v) is 6.50. The molecule has 2 aromatic carbocycles. The molecule has 166 valence electrons. The molecular weight excluding hydrogens is 428 g/mol. The van der Waals surface area contributed by atoms with Crippen LogP contribution in [0.5, 0.6) is 5.75 Å². The maximum atomic E-state index is 12.9. The second kappa shape index (κ2) is 9.17. The van der Waals surface area contributed by atoms with Gasteiger partial charge in [0.25, 0.3) is 11.8 Å². The van der Waals surface area contributed by atoms with E-state index in [2.05, 4.69) is 5.32 Å². The van der Waals surface area contributed by atoms with E-state index in [9.17, 15) is 14.4 Å². The molecule has 4 rings (SSSR count). The van der Waals surface area contributed by atoms with Crippen LogP contribution in [0.1, 0.15) is 53.6 Å². The third kappa shape index (κ3) is 4.28. The van der Waals surface area contributed by atoms with Crippen molar-refractivity contribution in [3.63, 3.8) is 0 Å². The van der Waals surface area contributed by atoms with Crippen LogP contribution in [0.25, 0.3) is 0 Å². The molecule has 2 amide bonds. The molecule has 2 aliphatic rings. The molecule has 0 saturated heterocycles. The van der Waals surface area contributed by atoms with E-state index in [-0.39, 0.29) is 16.8 Å². The molecule has 1 heterocycles. The number of aryl methyl sites for hydroxylation is 1. The number of amides is 2. The molecule has 1 fully saturated rings. The molecule has 32 heavy (non-hydrogen) atoms. The molecule has 1 N–H and O–H groups in total. The molecule has 1 aliphatic carbocycles. The first-order valence-electron chi connectivity index (χ1n) is 10.8. The number of nitrogens with one attached hydrogen (secondary N) is 1. The lowest BCUT2D eigenvalue weighted by Crippen LogP contribution is -2.42. The Balaban J connectivity index is 1.45. The Hall–Kier alpha value is -3.12. The van der Waals surface area contributed by atoms with Gasteiger partial charge in [-0.15, -0.1) is 0 Å². The number of anilines is 1. The van der Waals surface area contributed by atoms with E-state index >= 15 is 0 Å². The molecule has 0 aromatic heterocycles. The van der Waals surface area contributed by atoms with Gasteiger partial charge in [0.1, 0.15) is 16.5 Å². The number of halogens is 1. The van der Waals surface area contributed by atoms with Crippen LogP contribution >= 0.6 is 11.6 Å². The van der Waals surface area contributed by atoms with Crippen molar-refractivity contribution < 1.29 is 19.1 Å². The fourth-order valence-corrected chi connectivity index (χ4v) is 4.35. The highest BCUT2D eigenvalue weighted by molar-refractivity contribution is 6.48. The summed E-state index contributed by atoms with van der Waals surface area (Å²) in [4.78, 5) is 39.3. The smallest absolute Gasteiger partial charge is 0.343 e. The lowest BCUT2D eigenvalue weighted by atomic mass is 9.94. The van der Waals surface area contributed by atoms with Gasteiger partial charge in [-0.25, -0.2) is 4.79 Å². The highest BCUT2D eigenvalue weighted by atomic mass is 35.5. The summed E-state index contributed by atoms with van der Waals surface area (Å²) < 4.78 is 5.52. The fraction of sp³-hybridized carbons (Fsp3) is 0.320. The van der Waals surface area contributed by atoms with Crippen LogP contribution in [0.2, 0.25) is 0 Å². The van der Waals surface area contributed by atoms with Gasteiger partial charge in [-0.2, -0.15) is 0 Å². The monoisotopic (exact) mass is 452 g/mol. The number of hydrogen-bond acceptors (Lipinski definition) is 5. The summed E-state index contributed by atoms with van der Waals surface area (Å²) in [5.74, 6) is -0.796. The Morgan fingerprint density at radius 1 is 1.00 bits per heavy atom. The molecule has 0 spiro atoms. The van der Waals surface area contributed by atoms with Crippen LogP contribution < -0.4 is 10.1 Å². The van der Waals surface area contributed by atoms with Crippen LogP contribution in [-0.4, -0.2) is 28.7 Å². The van der Waals surface area contributed by atoms with E-state index in [4.69, 9.17) is 16.3 Å². The first-order chi connectivity index (χ1) is 15.4. The normalized spacial score (nSPS) is 17.2. The maximum absolute atomic E-state index is 12.9. The van der Waals surface area contributed by atoms with Crippen LogP contribution in [0.4, 0.5) is 5.69 Å². The molecule has 0 radical (unpaired) electrons. The van der Waals surface area contributed by atoms with Gasteiger partial charge in [-0.05, 0) is 68.1 Å². The highest BCUT2D eigenvalue weighted by Gasteiger charge is 2.42. The van der Waals surface area contributed by atoms with Crippen LogP contribution in [0, 0.1) is 13.8 Å². The number of imide groups is 1. The lowest BCUT2D eigenvalue weighted by Gasteiger charge is -2.29. The summed E-state index contributed by atoms with van der Waals surface area (Å²) in [5.41, 5.74) is 2.95. The van der Waals surface area contributed by atoms with Gasteiger partial charge in [0.2, 0.25) is 0 Å². The fourth-order valence-electron chi connectivity index (χ4n) is 4.13. The molecule has 0 bridgehead atoms. The Bertz CT molecular complexity index is 1100. The molecular formula is C25H25ClN2O4. The Kier molecular flexibility index (Phi) is 6.33. The summed E-state index contributed by atoms with van der Waals surface area (Å²) in [6, 6.07) is 12.0. The van der Waals surface area contributed by atoms with Crippen LogP contribution in [-0.2, 0) is 9.59 Å². The second-order valence-corrected chi connectivity index (χ2v) is 8.63. The standard InChI is InChI=1S/C25H25ClN2O4/c1-15-7-6-10-20(16(15)2)32-25(31)17-11-13-18(14-12-17)27-22-21(26)23(29)28(24(22)30)19-8-4-3-5-9-19/h6-7,10-14,19,27H,3-5,8-9H2,1-2H3. The molecule has 7 heteroatoms. The minimum Gasteiger partial charge on any atom is -0.423 e. The Morgan fingerprint density at radius 3 is 2.38 bits per heavy atom. The van der Waals surface area contributed by atoms with Gasteiger partial charge >= 0.3 is 5.97 Å². The van der Waals surface area contributed by atoms with Crippen molar-refractivity contribution in [2.45, 2.75) is 52.0 Å². The first kappa shape index (κ1) is 22.1. The predicted molar refractivity (Wildman–Crippen MR) is 123 cm³/mol. The van der Waals surface area contributed by atoms with Crippen molar-refractivity contribution in [1.82, 2.24) is 4.90 Å². The van der Waals surface area contributed by atoms with Crippen molar-refractivity contribution in [2.24, 2.45) is 0 Å². The van der Waals surface area contributed by atoms with Gasteiger partial charge in [-0.1, -0.05) is 43.0 Å². The molecule has 1 saturated carbocycles. The minimum absolute atomic E-state index is 0.0768. The van der Waals surface area contributed by atoms with Gasteiger partial charge in [-0.3, -0.25) is 14.5 Å². The summed E-state index contributed by atoms with van der Waals surface area (Å²) >= 11 is 6.22. The van der Waals surface area contributed by atoms with Crippen LogP contribution in [0.3, 0.4) is 0 Å². The molecule has 2 aromatic rings. The number of esters is 1. The lowest BCUT2D eigenvalue weighted by molar-refractivity contribution is -0.140. The molecule has 0 unspecified atom stereocenters. The number of benzene rings is 2. The number of rotatable bonds is 5. The quantitative estimate of drug-likeness (QED) is 0.388. The predicted octanol–water partition coefficient (Wildman–Crippen LogP) is 5.09. The second-order valence-electron chi connectivity index (χ2n) is 8.25. The van der Waals surface area contributed by atoms with Gasteiger partial charge in [0, 0.05) is 11.7 Å². The number of nitrogens with zero attached hydrogens (tertiary/aromatic N) is 1. The average molecular weight is 453 g/mol. The molecule has 6 nitrogen and oxygen atoms in total. The zero-order valence-corrected chi connectivity index (χ0v) is 18.9. The minimum atomic E-state index is -0.474. The van der Waals surface area contributed by atoms with Crippen LogP contribution in [0.15, 0.2) is 53.2 Å². The Morgan fingerprint density at radius 2 is 1.69 bits per heavy atom. The van der Waals surface area contributed by atoms with E-state index < -0.39 is 17.8 Å². The van der Waals surface area contributed by atoms with Crippen molar-refractivity contribution in [3.05, 3.63) is 69.9 Å². The Labute approximate surface area is 192 Å². The average Bonchev–Trinajstić information content (AvgIpc) is 3.01. The van der Waals surface area contributed by atoms with Crippen molar-refractivity contribution >= 4 is 35.1 Å². The van der Waals surface area contributed by atoms with Crippen molar-refractivity contribution in [3.8, 4) is 5.75 Å². The van der Waals surface area contributed by atoms with E-state index in [1.807, 2.05) is 26.0 Å². The van der Waals surface area contributed by atoms with E-state index in [1.54, 1.807) is 30.3 Å². The highest BCUT2D eigenvalue weighted by Crippen LogP contribution is 2.32. The largest absolute Gasteiger partial charge is 0.423 e. The third-order valence-electron chi connectivity index (χ3n) is 6.15. The van der Waals surface area contributed by atoms with Crippen molar-refractivity contribution in [1.29, 1.82) is 0 Å². The zero-order chi connectivity index (χ0) is 22.8. The summed E-state index contributed by atoms with van der Waals surface area (Å²) in [6.45, 7) is 3.86. The zero-order valence-electron chi connectivity index (χ0n) is 18.1. The summed E-state index contributed by atoms with van der Waals surface area (Å²) in [7, 11) is 0. The number of ether oxygens (including phenoxy) is 1. The molecule has 1 aliphatic heterocycles.